The molecule has 168 valence electrons. The average Bonchev–Trinajstić information content (AvgIpc) is 2.81. The largest absolute Gasteiger partial charge is 0.477 e. The van der Waals surface area contributed by atoms with Crippen molar-refractivity contribution in [3.63, 3.8) is 0 Å². The topological polar surface area (TPSA) is 125 Å². The molecule has 1 aliphatic heterocycles. The van der Waals surface area contributed by atoms with E-state index in [-0.39, 0.29) is 23.6 Å². The Labute approximate surface area is 185 Å². The lowest BCUT2D eigenvalue weighted by Crippen LogP contribution is -2.47. The van der Waals surface area contributed by atoms with Gasteiger partial charge in [0.05, 0.1) is 29.5 Å². The molecule has 0 spiro atoms. The second kappa shape index (κ2) is 8.88. The second-order valence-corrected chi connectivity index (χ2v) is 7.92. The van der Waals surface area contributed by atoms with Gasteiger partial charge in [-0.2, -0.15) is 0 Å². The molecule has 1 aromatic carbocycles. The fourth-order valence-electron chi connectivity index (χ4n) is 4.26. The summed E-state index contributed by atoms with van der Waals surface area (Å²) in [6, 6.07) is 8.89. The molecule has 0 amide bonds. The molecule has 1 aliphatic rings. The van der Waals surface area contributed by atoms with Crippen molar-refractivity contribution in [2.75, 3.05) is 48.3 Å². The van der Waals surface area contributed by atoms with Crippen LogP contribution in [0.2, 0.25) is 0 Å². The molecule has 9 nitrogen and oxygen atoms in total. The Balaban J connectivity index is 1.74. The molecule has 2 aromatic heterocycles. The van der Waals surface area contributed by atoms with Gasteiger partial charge in [-0.05, 0) is 30.7 Å². The smallest absolute Gasteiger partial charge is 0.341 e. The van der Waals surface area contributed by atoms with E-state index in [1.165, 1.54) is 6.20 Å². The van der Waals surface area contributed by atoms with Crippen molar-refractivity contribution in [1.82, 2.24) is 9.55 Å². The number of aliphatic hydroxyl groups excluding tert-OH is 1. The highest BCUT2D eigenvalue weighted by molar-refractivity contribution is 5.96. The molecule has 9 heteroatoms. The number of nitrogens with two attached hydrogens (primary N) is 1. The normalized spacial score (nSPS) is 15.2. The average molecular weight is 438 g/mol. The maximum atomic E-state index is 12.8. The summed E-state index contributed by atoms with van der Waals surface area (Å²) in [6.07, 6.45) is 3.69. The zero-order chi connectivity index (χ0) is 22.8. The summed E-state index contributed by atoms with van der Waals surface area (Å²) in [4.78, 5) is 33.2. The van der Waals surface area contributed by atoms with E-state index in [2.05, 4.69) is 14.8 Å². The van der Waals surface area contributed by atoms with Crippen LogP contribution in [0.15, 0.2) is 47.5 Å². The Bertz CT molecular complexity index is 1180. The zero-order valence-electron chi connectivity index (χ0n) is 17.9. The van der Waals surface area contributed by atoms with E-state index in [1.807, 2.05) is 31.2 Å². The van der Waals surface area contributed by atoms with E-state index in [4.69, 9.17) is 5.73 Å². The number of rotatable bonds is 6. The molecule has 3 aromatic rings. The molecule has 1 fully saturated rings. The van der Waals surface area contributed by atoms with Gasteiger partial charge >= 0.3 is 5.97 Å². The number of pyridine rings is 2. The number of anilines is 3. The van der Waals surface area contributed by atoms with Gasteiger partial charge in [0.15, 0.2) is 0 Å². The van der Waals surface area contributed by atoms with Crippen LogP contribution in [0.4, 0.5) is 17.2 Å². The summed E-state index contributed by atoms with van der Waals surface area (Å²) >= 11 is 0. The van der Waals surface area contributed by atoms with Crippen LogP contribution in [0.3, 0.4) is 0 Å². The van der Waals surface area contributed by atoms with Crippen LogP contribution in [0, 0.1) is 0 Å². The molecule has 4 N–H and O–H groups in total. The predicted molar refractivity (Wildman–Crippen MR) is 125 cm³/mol. The number of hydrogen-bond acceptors (Lipinski definition) is 7. The molecule has 32 heavy (non-hydrogen) atoms. The molecule has 3 heterocycles. The molecular weight excluding hydrogens is 410 g/mol. The minimum atomic E-state index is -1.30. The van der Waals surface area contributed by atoms with Crippen LogP contribution in [-0.2, 0) is 0 Å². The predicted octanol–water partition coefficient (Wildman–Crippen LogP) is 1.95. The van der Waals surface area contributed by atoms with Crippen molar-refractivity contribution < 1.29 is 15.0 Å². The van der Waals surface area contributed by atoms with Gasteiger partial charge in [0.2, 0.25) is 5.43 Å². The number of carboxylic acids is 1. The summed E-state index contributed by atoms with van der Waals surface area (Å²) in [5, 5.41) is 19.6. The number of nitrogen functional groups attached to an aromatic ring is 1. The highest BCUT2D eigenvalue weighted by Crippen LogP contribution is 2.31. The minimum absolute atomic E-state index is 0.171. The highest BCUT2D eigenvalue weighted by Gasteiger charge is 2.23. The molecule has 0 radical (unpaired) electrons. The van der Waals surface area contributed by atoms with Crippen molar-refractivity contribution in [3.8, 4) is 0 Å². The molecule has 0 saturated carbocycles. The lowest BCUT2D eigenvalue weighted by Gasteiger charge is -2.37. The zero-order valence-corrected chi connectivity index (χ0v) is 17.9. The Morgan fingerprint density at radius 1 is 1.19 bits per heavy atom. The maximum absolute atomic E-state index is 12.8. The van der Waals surface area contributed by atoms with Crippen LogP contribution in [-0.4, -0.2) is 58.5 Å². The number of carbonyl (C=O) groups is 1. The fraction of sp³-hybridized carbons (Fsp3) is 0.348. The minimum Gasteiger partial charge on any atom is -0.477 e. The summed E-state index contributed by atoms with van der Waals surface area (Å²) in [7, 11) is 0. The van der Waals surface area contributed by atoms with E-state index in [1.54, 1.807) is 16.8 Å². The SMILES string of the molecule is CCC(CO)n1cc(C(=O)O)c(=O)c2cc(N)c(N3CCN(c4ccccn4)CC3)cc21. The highest BCUT2D eigenvalue weighted by atomic mass is 16.4. The Morgan fingerprint density at radius 2 is 1.91 bits per heavy atom. The van der Waals surface area contributed by atoms with Crippen LogP contribution in [0.1, 0.15) is 29.7 Å². The first-order valence-corrected chi connectivity index (χ1v) is 10.7. The Morgan fingerprint density at radius 3 is 2.50 bits per heavy atom. The number of piperazine rings is 1. The van der Waals surface area contributed by atoms with E-state index in [9.17, 15) is 19.8 Å². The monoisotopic (exact) mass is 437 g/mol. The molecule has 0 bridgehead atoms. The number of hydrogen-bond donors (Lipinski definition) is 3. The molecule has 0 aliphatic carbocycles. The van der Waals surface area contributed by atoms with Crippen molar-refractivity contribution >= 4 is 34.1 Å². The van der Waals surface area contributed by atoms with Crippen LogP contribution < -0.4 is 21.0 Å². The Hall–Kier alpha value is -3.59. The molecular formula is C23H27N5O4. The van der Waals surface area contributed by atoms with Gasteiger partial charge in [-0.15, -0.1) is 0 Å². The fourth-order valence-corrected chi connectivity index (χ4v) is 4.26. The van der Waals surface area contributed by atoms with Gasteiger partial charge in [-0.1, -0.05) is 13.0 Å². The first kappa shape index (κ1) is 21.6. The van der Waals surface area contributed by atoms with Crippen LogP contribution in [0.5, 0.6) is 0 Å². The van der Waals surface area contributed by atoms with Crippen molar-refractivity contribution in [1.29, 1.82) is 0 Å². The van der Waals surface area contributed by atoms with Crippen molar-refractivity contribution in [2.45, 2.75) is 19.4 Å². The van der Waals surface area contributed by atoms with Gasteiger partial charge < -0.3 is 30.3 Å². The third-order valence-corrected chi connectivity index (χ3v) is 6.08. The van der Waals surface area contributed by atoms with E-state index in [0.29, 0.717) is 17.6 Å². The number of carboxylic acid groups (broad SMARTS) is 1. The second-order valence-electron chi connectivity index (χ2n) is 7.92. The van der Waals surface area contributed by atoms with Crippen LogP contribution in [0.25, 0.3) is 10.9 Å². The first-order valence-electron chi connectivity index (χ1n) is 10.7. The standard InChI is InChI=1S/C23H27N5O4/c1-2-15(14-29)28-13-17(23(31)32)22(30)16-11-18(24)20(12-19(16)28)26-7-9-27(10-8-26)21-5-3-4-6-25-21/h3-6,11-13,15,29H,2,7-10,14,24H2,1H3,(H,31,32). The summed E-state index contributed by atoms with van der Waals surface area (Å²) < 4.78 is 1.69. The Kier molecular flexibility index (Phi) is 6.00. The number of aliphatic hydroxyl groups is 1. The van der Waals surface area contributed by atoms with Gasteiger partial charge in [0.25, 0.3) is 0 Å². The molecule has 1 unspecified atom stereocenters. The summed E-state index contributed by atoms with van der Waals surface area (Å²) in [6.45, 7) is 4.72. The number of aromatic nitrogens is 2. The number of fused-ring (bicyclic) bond motifs is 1. The van der Waals surface area contributed by atoms with Gasteiger partial charge in [-0.25, -0.2) is 9.78 Å². The first-order chi connectivity index (χ1) is 15.4. The molecule has 1 atom stereocenters. The summed E-state index contributed by atoms with van der Waals surface area (Å²) in [5.41, 5.74) is 7.21. The maximum Gasteiger partial charge on any atom is 0.341 e. The summed E-state index contributed by atoms with van der Waals surface area (Å²) in [5.74, 6) is -0.367. The van der Waals surface area contributed by atoms with Gasteiger partial charge in [0, 0.05) is 44.0 Å². The quantitative estimate of drug-likeness (QED) is 0.500. The third kappa shape index (κ3) is 3.87. The van der Waals surface area contributed by atoms with Crippen molar-refractivity contribution in [3.05, 3.63) is 58.5 Å². The van der Waals surface area contributed by atoms with Gasteiger partial charge in [0.1, 0.15) is 11.4 Å². The lowest BCUT2D eigenvalue weighted by atomic mass is 10.1. The molecule has 4 rings (SSSR count). The number of nitrogens with zero attached hydrogens (tertiary/aromatic N) is 4. The van der Waals surface area contributed by atoms with E-state index >= 15 is 0 Å². The van der Waals surface area contributed by atoms with Crippen LogP contribution >= 0.6 is 0 Å². The number of aromatic carboxylic acids is 1. The third-order valence-electron chi connectivity index (χ3n) is 6.08. The lowest BCUT2D eigenvalue weighted by molar-refractivity contribution is 0.0694. The van der Waals surface area contributed by atoms with Crippen molar-refractivity contribution in [2.24, 2.45) is 0 Å². The molecule has 1 saturated heterocycles. The number of benzene rings is 1. The van der Waals surface area contributed by atoms with E-state index in [0.717, 1.165) is 37.7 Å². The van der Waals surface area contributed by atoms with E-state index < -0.39 is 11.4 Å². The van der Waals surface area contributed by atoms with Gasteiger partial charge in [-0.3, -0.25) is 4.79 Å².